The fourth-order valence-electron chi connectivity index (χ4n) is 13.1. The number of hydrogen-bond acceptors (Lipinski definition) is 12. The van der Waals surface area contributed by atoms with Crippen LogP contribution in [0.25, 0.3) is 0 Å². The van der Waals surface area contributed by atoms with E-state index in [9.17, 15) is 30.6 Å². The summed E-state index contributed by atoms with van der Waals surface area (Å²) in [4.78, 5) is 0. The van der Waals surface area contributed by atoms with E-state index >= 15 is 0 Å². The Kier molecular flexibility index (Phi) is 9.79. The topological polar surface area (TPSA) is 177 Å². The highest BCUT2D eigenvalue weighted by Crippen LogP contribution is 2.71. The van der Waals surface area contributed by atoms with Gasteiger partial charge in [0.15, 0.2) is 18.4 Å². The van der Waals surface area contributed by atoms with Crippen molar-refractivity contribution in [1.29, 1.82) is 0 Å². The first-order valence-electron chi connectivity index (χ1n) is 20.1. The molecule has 1 spiro atoms. The Labute approximate surface area is 302 Å². The summed E-state index contributed by atoms with van der Waals surface area (Å²) in [5.74, 6) is 2.48. The quantitative estimate of drug-likeness (QED) is 0.234. The van der Waals surface area contributed by atoms with Crippen LogP contribution in [0.4, 0.5) is 0 Å². The van der Waals surface area contributed by atoms with Gasteiger partial charge in [-0.25, -0.2) is 0 Å². The minimum absolute atomic E-state index is 0.0377. The van der Waals surface area contributed by atoms with E-state index < -0.39 is 73.3 Å². The van der Waals surface area contributed by atoms with Gasteiger partial charge in [0.25, 0.3) is 0 Å². The number of hydrogen-bond donors (Lipinski definition) is 6. The molecule has 0 amide bonds. The first kappa shape index (κ1) is 37.4. The normalized spacial score (nSPS) is 61.4. The molecule has 292 valence electrons. The van der Waals surface area contributed by atoms with Gasteiger partial charge in [-0.1, -0.05) is 27.7 Å². The van der Waals surface area contributed by atoms with E-state index in [2.05, 4.69) is 27.7 Å². The summed E-state index contributed by atoms with van der Waals surface area (Å²) in [6.07, 6.45) is -4.37. The Morgan fingerprint density at radius 3 is 2.02 bits per heavy atom. The summed E-state index contributed by atoms with van der Waals surface area (Å²) < 4.78 is 37.7. The SMILES string of the molecule is C[C@H]1CC[C@@]2(OC1)O[C@H]1C[C@H]3[C@@H]4C[C@H](O)[C@H]5C[C@@H](O[C@H]6O[C@@H](C)[C@H](O)[C@@H](O)[C@H]6O[C@H]6O[C@@H](C)[C@H](O)[C@@H](O)[C@H]6O)CC[C@]5(C)[C@H]4CC[C@]3(C)[C@H]1[C@@H]2C. The van der Waals surface area contributed by atoms with Crippen molar-refractivity contribution in [3.05, 3.63) is 0 Å². The molecule has 23 atom stereocenters. The number of rotatable bonds is 4. The highest BCUT2D eigenvalue weighted by atomic mass is 16.8. The molecule has 0 aromatic heterocycles. The zero-order valence-electron chi connectivity index (χ0n) is 31.3. The summed E-state index contributed by atoms with van der Waals surface area (Å²) in [6, 6.07) is 0. The summed E-state index contributed by atoms with van der Waals surface area (Å²) in [6.45, 7) is 13.5. The van der Waals surface area contributed by atoms with E-state index in [0.29, 0.717) is 41.9 Å². The maximum absolute atomic E-state index is 12.0. The lowest BCUT2D eigenvalue weighted by Crippen LogP contribution is -2.64. The van der Waals surface area contributed by atoms with Crippen molar-refractivity contribution in [3.8, 4) is 0 Å². The number of ether oxygens (including phenoxy) is 6. The predicted molar refractivity (Wildman–Crippen MR) is 182 cm³/mol. The number of fused-ring (bicyclic) bond motifs is 7. The summed E-state index contributed by atoms with van der Waals surface area (Å²) >= 11 is 0. The van der Waals surface area contributed by atoms with Crippen molar-refractivity contribution >= 4 is 0 Å². The van der Waals surface area contributed by atoms with Crippen molar-refractivity contribution < 1.29 is 59.1 Å². The van der Waals surface area contributed by atoms with Crippen LogP contribution in [0.15, 0.2) is 0 Å². The first-order valence-corrected chi connectivity index (χ1v) is 20.1. The van der Waals surface area contributed by atoms with Crippen LogP contribution in [-0.2, 0) is 28.4 Å². The predicted octanol–water partition coefficient (Wildman–Crippen LogP) is 2.47. The van der Waals surface area contributed by atoms with Crippen LogP contribution in [0.3, 0.4) is 0 Å². The second kappa shape index (κ2) is 13.3. The Morgan fingerprint density at radius 1 is 0.627 bits per heavy atom. The molecule has 0 unspecified atom stereocenters. The fourth-order valence-corrected chi connectivity index (χ4v) is 13.1. The van der Waals surface area contributed by atoms with Gasteiger partial charge >= 0.3 is 0 Å². The summed E-state index contributed by atoms with van der Waals surface area (Å²) in [7, 11) is 0. The number of aliphatic hydroxyl groups is 6. The average molecular weight is 725 g/mol. The summed E-state index contributed by atoms with van der Waals surface area (Å²) in [5.41, 5.74) is 0.123. The van der Waals surface area contributed by atoms with Gasteiger partial charge in [0, 0.05) is 12.3 Å². The third kappa shape index (κ3) is 5.83. The smallest absolute Gasteiger partial charge is 0.187 e. The molecule has 0 bridgehead atoms. The van der Waals surface area contributed by atoms with Crippen molar-refractivity contribution in [2.45, 2.75) is 185 Å². The van der Waals surface area contributed by atoms with Crippen LogP contribution in [0.5, 0.6) is 0 Å². The van der Waals surface area contributed by atoms with Crippen LogP contribution in [-0.4, -0.2) is 123 Å². The molecule has 51 heavy (non-hydrogen) atoms. The maximum atomic E-state index is 12.0. The van der Waals surface area contributed by atoms with Gasteiger partial charge in [-0.05, 0) is 112 Å². The molecular weight excluding hydrogens is 660 g/mol. The molecule has 12 heteroatoms. The molecule has 0 aromatic rings. The second-order valence-electron chi connectivity index (χ2n) is 18.8. The molecule has 0 radical (unpaired) electrons. The van der Waals surface area contributed by atoms with E-state index in [-0.39, 0.29) is 29.0 Å². The zero-order valence-corrected chi connectivity index (χ0v) is 31.3. The maximum Gasteiger partial charge on any atom is 0.187 e. The molecule has 8 rings (SSSR count). The molecule has 8 aliphatic rings. The number of aliphatic hydroxyl groups excluding tert-OH is 6. The van der Waals surface area contributed by atoms with Gasteiger partial charge in [-0.3, -0.25) is 0 Å². The van der Waals surface area contributed by atoms with E-state index in [1.54, 1.807) is 13.8 Å². The average Bonchev–Trinajstić information content (AvgIpc) is 3.54. The molecule has 4 heterocycles. The van der Waals surface area contributed by atoms with Crippen LogP contribution in [0, 0.1) is 52.3 Å². The molecule has 8 fully saturated rings. The van der Waals surface area contributed by atoms with E-state index in [1.807, 2.05) is 0 Å². The molecule has 4 aliphatic carbocycles. The van der Waals surface area contributed by atoms with Gasteiger partial charge in [0.1, 0.15) is 36.6 Å². The molecule has 6 N–H and O–H groups in total. The standard InChI is InChI=1S/C39H64O12/c1-17-7-12-39(46-16-17)18(2)28-27(51-39)15-24-22-14-26(40)25-13-21(8-10-37(25,5)23(22)9-11-38(24,28)6)49-36-34(32(44)30(42)20(4)48-36)50-35-33(45)31(43)29(41)19(3)47-35/h17-36,40-45H,7-16H2,1-6H3/t17-,18-,19-,20-,21-,22+,23-,24-,25+,26-,27-,28-,29-,30-,31+,32+,33+,34+,35+,36+,37+,38-,39+/m0/s1. The lowest BCUT2D eigenvalue weighted by atomic mass is 9.43. The fraction of sp³-hybridized carbons (Fsp3) is 1.00. The van der Waals surface area contributed by atoms with E-state index in [4.69, 9.17) is 28.4 Å². The molecule has 12 nitrogen and oxygen atoms in total. The zero-order chi connectivity index (χ0) is 36.4. The summed E-state index contributed by atoms with van der Waals surface area (Å²) in [5, 5.41) is 64.9. The Morgan fingerprint density at radius 2 is 1.31 bits per heavy atom. The van der Waals surface area contributed by atoms with Crippen molar-refractivity contribution in [1.82, 2.24) is 0 Å². The minimum atomic E-state index is -1.58. The van der Waals surface area contributed by atoms with Crippen molar-refractivity contribution in [3.63, 3.8) is 0 Å². The Hall–Kier alpha value is -0.480. The third-order valence-corrected chi connectivity index (χ3v) is 16.1. The minimum Gasteiger partial charge on any atom is -0.393 e. The lowest BCUT2D eigenvalue weighted by molar-refractivity contribution is -0.368. The molecular formula is C39H64O12. The monoisotopic (exact) mass is 724 g/mol. The van der Waals surface area contributed by atoms with Crippen LogP contribution < -0.4 is 0 Å². The van der Waals surface area contributed by atoms with Gasteiger partial charge in [0.05, 0.1) is 37.1 Å². The van der Waals surface area contributed by atoms with Gasteiger partial charge < -0.3 is 59.1 Å². The van der Waals surface area contributed by atoms with E-state index in [1.165, 1.54) is 6.42 Å². The Balaban J connectivity index is 0.955. The molecule has 4 saturated carbocycles. The van der Waals surface area contributed by atoms with Gasteiger partial charge in [-0.2, -0.15) is 0 Å². The molecule has 0 aromatic carbocycles. The van der Waals surface area contributed by atoms with Gasteiger partial charge in [0.2, 0.25) is 0 Å². The first-order chi connectivity index (χ1) is 24.1. The third-order valence-electron chi connectivity index (χ3n) is 16.1. The van der Waals surface area contributed by atoms with Gasteiger partial charge in [-0.15, -0.1) is 0 Å². The van der Waals surface area contributed by atoms with Crippen LogP contribution in [0.2, 0.25) is 0 Å². The second-order valence-corrected chi connectivity index (χ2v) is 18.8. The highest BCUT2D eigenvalue weighted by Gasteiger charge is 2.70. The molecule has 4 aliphatic heterocycles. The molecule has 4 saturated heterocycles. The van der Waals surface area contributed by atoms with E-state index in [0.717, 1.165) is 51.6 Å². The van der Waals surface area contributed by atoms with Crippen molar-refractivity contribution in [2.24, 2.45) is 52.3 Å². The van der Waals surface area contributed by atoms with Crippen molar-refractivity contribution in [2.75, 3.05) is 6.61 Å². The van der Waals surface area contributed by atoms with Crippen LogP contribution >= 0.6 is 0 Å². The lowest BCUT2D eigenvalue weighted by Gasteiger charge is -2.62. The largest absolute Gasteiger partial charge is 0.393 e. The van der Waals surface area contributed by atoms with Crippen LogP contribution in [0.1, 0.15) is 99.3 Å². The Bertz CT molecular complexity index is 1260. The highest BCUT2D eigenvalue weighted by molar-refractivity contribution is 5.16.